The molecule has 0 N–H and O–H groups in total. The van der Waals surface area contributed by atoms with E-state index in [4.69, 9.17) is 9.47 Å². The summed E-state index contributed by atoms with van der Waals surface area (Å²) < 4.78 is 12.2. The highest BCUT2D eigenvalue weighted by Crippen LogP contribution is 2.27. The first kappa shape index (κ1) is 16.0. The molecule has 0 bridgehead atoms. The van der Waals surface area contributed by atoms with Crippen LogP contribution in [0.15, 0.2) is 40.9 Å². The Kier molecular flexibility index (Phi) is 5.01. The van der Waals surface area contributed by atoms with Crippen molar-refractivity contribution < 1.29 is 9.47 Å². The number of rotatable bonds is 5. The van der Waals surface area contributed by atoms with Gasteiger partial charge in [0, 0.05) is 10.2 Å². The number of halogens is 1. The maximum atomic E-state index is 6.06. The Morgan fingerprint density at radius 3 is 2.38 bits per heavy atom. The van der Waals surface area contributed by atoms with Crippen LogP contribution in [0.5, 0.6) is 5.75 Å². The standard InChI is InChI=1S/C17H20BrNO2/c1-12-9-14(18)10-16(19-12)17(2,3)21-11-13-5-7-15(20-4)8-6-13/h5-10H,11H2,1-4H3. The molecule has 3 nitrogen and oxygen atoms in total. The third kappa shape index (κ3) is 4.29. The molecule has 0 unspecified atom stereocenters. The Morgan fingerprint density at radius 2 is 1.81 bits per heavy atom. The number of hydrogen-bond donors (Lipinski definition) is 0. The zero-order valence-corrected chi connectivity index (χ0v) is 14.4. The van der Waals surface area contributed by atoms with Crippen molar-refractivity contribution in [2.45, 2.75) is 33.0 Å². The second-order valence-electron chi connectivity index (χ2n) is 5.46. The van der Waals surface area contributed by atoms with Crippen molar-refractivity contribution >= 4 is 15.9 Å². The molecule has 1 aromatic carbocycles. The van der Waals surface area contributed by atoms with Crippen LogP contribution in [0.25, 0.3) is 0 Å². The molecule has 0 spiro atoms. The molecular formula is C17H20BrNO2. The lowest BCUT2D eigenvalue weighted by atomic mass is 10.0. The zero-order chi connectivity index (χ0) is 15.5. The molecule has 1 heterocycles. The van der Waals surface area contributed by atoms with Crippen molar-refractivity contribution in [2.24, 2.45) is 0 Å². The van der Waals surface area contributed by atoms with Gasteiger partial charge in [-0.1, -0.05) is 28.1 Å². The predicted octanol–water partition coefficient (Wildman–Crippen LogP) is 4.61. The van der Waals surface area contributed by atoms with E-state index in [1.54, 1.807) is 7.11 Å². The SMILES string of the molecule is COc1ccc(COC(C)(C)c2cc(Br)cc(C)n2)cc1. The van der Waals surface area contributed by atoms with E-state index in [0.717, 1.165) is 27.2 Å². The van der Waals surface area contributed by atoms with E-state index in [-0.39, 0.29) is 0 Å². The highest BCUT2D eigenvalue weighted by atomic mass is 79.9. The van der Waals surface area contributed by atoms with Gasteiger partial charge in [0.15, 0.2) is 0 Å². The Balaban J connectivity index is 2.09. The number of benzene rings is 1. The van der Waals surface area contributed by atoms with Gasteiger partial charge < -0.3 is 9.47 Å². The van der Waals surface area contributed by atoms with Gasteiger partial charge in [-0.3, -0.25) is 4.98 Å². The molecule has 2 rings (SSSR count). The van der Waals surface area contributed by atoms with Gasteiger partial charge in [0.1, 0.15) is 11.4 Å². The molecule has 0 aliphatic heterocycles. The molecule has 0 aliphatic rings. The van der Waals surface area contributed by atoms with Crippen LogP contribution in [0.4, 0.5) is 0 Å². The third-order valence-corrected chi connectivity index (χ3v) is 3.75. The van der Waals surface area contributed by atoms with Crippen molar-refractivity contribution in [2.75, 3.05) is 7.11 Å². The van der Waals surface area contributed by atoms with Crippen LogP contribution in [0.3, 0.4) is 0 Å². The molecule has 4 heteroatoms. The summed E-state index contributed by atoms with van der Waals surface area (Å²) in [5.74, 6) is 0.849. The number of aryl methyl sites for hydroxylation is 1. The summed E-state index contributed by atoms with van der Waals surface area (Å²) in [6, 6.07) is 11.9. The zero-order valence-electron chi connectivity index (χ0n) is 12.8. The van der Waals surface area contributed by atoms with E-state index in [0.29, 0.717) is 6.61 Å². The summed E-state index contributed by atoms with van der Waals surface area (Å²) >= 11 is 3.51. The maximum Gasteiger partial charge on any atom is 0.118 e. The number of nitrogens with zero attached hydrogens (tertiary/aromatic N) is 1. The summed E-state index contributed by atoms with van der Waals surface area (Å²) in [6.07, 6.45) is 0. The molecule has 1 aromatic heterocycles. The molecule has 0 aliphatic carbocycles. The summed E-state index contributed by atoms with van der Waals surface area (Å²) in [4.78, 5) is 4.57. The largest absolute Gasteiger partial charge is 0.497 e. The van der Waals surface area contributed by atoms with Gasteiger partial charge >= 0.3 is 0 Å². The Bertz CT molecular complexity index is 588. The number of pyridine rings is 1. The van der Waals surface area contributed by atoms with E-state index in [9.17, 15) is 0 Å². The van der Waals surface area contributed by atoms with Gasteiger partial charge in [-0.2, -0.15) is 0 Å². The molecule has 0 saturated heterocycles. The van der Waals surface area contributed by atoms with Gasteiger partial charge in [-0.25, -0.2) is 0 Å². The van der Waals surface area contributed by atoms with E-state index in [1.807, 2.05) is 57.2 Å². The van der Waals surface area contributed by atoms with Crippen molar-refractivity contribution in [3.8, 4) is 5.75 Å². The van der Waals surface area contributed by atoms with Crippen molar-refractivity contribution in [3.63, 3.8) is 0 Å². The van der Waals surface area contributed by atoms with Crippen LogP contribution in [0.1, 0.15) is 30.8 Å². The van der Waals surface area contributed by atoms with Crippen LogP contribution < -0.4 is 4.74 Å². The molecule has 0 saturated carbocycles. The molecule has 0 atom stereocenters. The monoisotopic (exact) mass is 349 g/mol. The topological polar surface area (TPSA) is 31.4 Å². The van der Waals surface area contributed by atoms with E-state index < -0.39 is 5.60 Å². The Hall–Kier alpha value is -1.39. The number of ether oxygens (including phenoxy) is 2. The average Bonchev–Trinajstić information content (AvgIpc) is 2.45. The number of hydrogen-bond acceptors (Lipinski definition) is 3. The fourth-order valence-electron chi connectivity index (χ4n) is 1.99. The first-order valence-corrected chi connectivity index (χ1v) is 7.61. The molecule has 0 radical (unpaired) electrons. The number of methoxy groups -OCH3 is 1. The fraction of sp³-hybridized carbons (Fsp3) is 0.353. The highest BCUT2D eigenvalue weighted by molar-refractivity contribution is 9.10. The maximum absolute atomic E-state index is 6.06. The summed E-state index contributed by atoms with van der Waals surface area (Å²) in [5.41, 5.74) is 2.55. The first-order chi connectivity index (χ1) is 9.90. The molecule has 21 heavy (non-hydrogen) atoms. The van der Waals surface area contributed by atoms with Crippen LogP contribution in [0.2, 0.25) is 0 Å². The first-order valence-electron chi connectivity index (χ1n) is 6.82. The molecular weight excluding hydrogens is 330 g/mol. The lowest BCUT2D eigenvalue weighted by molar-refractivity contribution is -0.0368. The molecule has 0 amide bonds. The highest BCUT2D eigenvalue weighted by Gasteiger charge is 2.23. The van der Waals surface area contributed by atoms with Crippen molar-refractivity contribution in [3.05, 3.63) is 57.8 Å². The molecule has 0 fully saturated rings. The average molecular weight is 350 g/mol. The summed E-state index contributed by atoms with van der Waals surface area (Å²) in [5, 5.41) is 0. The van der Waals surface area contributed by atoms with Gasteiger partial charge in [0.05, 0.1) is 19.4 Å². The van der Waals surface area contributed by atoms with Gasteiger partial charge in [-0.05, 0) is 50.6 Å². The lowest BCUT2D eigenvalue weighted by Gasteiger charge is -2.25. The van der Waals surface area contributed by atoms with E-state index >= 15 is 0 Å². The van der Waals surface area contributed by atoms with Gasteiger partial charge in [0.2, 0.25) is 0 Å². The predicted molar refractivity (Wildman–Crippen MR) is 87.5 cm³/mol. The van der Waals surface area contributed by atoms with Crippen molar-refractivity contribution in [1.82, 2.24) is 4.98 Å². The minimum Gasteiger partial charge on any atom is -0.497 e. The van der Waals surface area contributed by atoms with E-state index in [1.165, 1.54) is 0 Å². The van der Waals surface area contributed by atoms with Crippen LogP contribution in [-0.4, -0.2) is 12.1 Å². The minimum absolute atomic E-state index is 0.450. The van der Waals surface area contributed by atoms with Gasteiger partial charge in [-0.15, -0.1) is 0 Å². The number of aromatic nitrogens is 1. The Labute approximate surface area is 134 Å². The second kappa shape index (κ2) is 6.58. The molecule has 2 aromatic rings. The third-order valence-electron chi connectivity index (χ3n) is 3.29. The van der Waals surface area contributed by atoms with Gasteiger partial charge in [0.25, 0.3) is 0 Å². The Morgan fingerprint density at radius 1 is 1.14 bits per heavy atom. The summed E-state index contributed by atoms with van der Waals surface area (Å²) in [6.45, 7) is 6.58. The van der Waals surface area contributed by atoms with Crippen LogP contribution in [-0.2, 0) is 16.9 Å². The fourth-order valence-corrected chi connectivity index (χ4v) is 2.54. The van der Waals surface area contributed by atoms with Crippen molar-refractivity contribution in [1.29, 1.82) is 0 Å². The lowest BCUT2D eigenvalue weighted by Crippen LogP contribution is -2.23. The summed E-state index contributed by atoms with van der Waals surface area (Å²) in [7, 11) is 1.66. The van der Waals surface area contributed by atoms with E-state index in [2.05, 4.69) is 20.9 Å². The molecule has 112 valence electrons. The second-order valence-corrected chi connectivity index (χ2v) is 6.37. The quantitative estimate of drug-likeness (QED) is 0.789. The normalized spacial score (nSPS) is 11.5. The smallest absolute Gasteiger partial charge is 0.118 e. The van der Waals surface area contributed by atoms with Crippen LogP contribution >= 0.6 is 15.9 Å². The minimum atomic E-state index is -0.450. The van der Waals surface area contributed by atoms with Crippen LogP contribution in [0, 0.1) is 6.92 Å².